The zero-order valence-corrected chi connectivity index (χ0v) is 14.5. The Hall–Kier alpha value is -2.04. The number of benzene rings is 2. The van der Waals surface area contributed by atoms with E-state index < -0.39 is 17.5 Å². The lowest BCUT2D eigenvalue weighted by Crippen LogP contribution is -2.50. The van der Waals surface area contributed by atoms with Crippen molar-refractivity contribution < 1.29 is 19.1 Å². The number of carbonyl (C=O) groups is 2. The first kappa shape index (κ1) is 16.8. The van der Waals surface area contributed by atoms with Crippen LogP contribution in [0.3, 0.4) is 0 Å². The van der Waals surface area contributed by atoms with Crippen molar-refractivity contribution >= 4 is 35.0 Å². The summed E-state index contributed by atoms with van der Waals surface area (Å²) in [7, 11) is 1.24. The summed E-state index contributed by atoms with van der Waals surface area (Å²) in [6.07, 6.45) is 0. The number of hydrogen-bond donors (Lipinski definition) is 0. The number of methoxy groups -OCH3 is 1. The monoisotopic (exact) mass is 364 g/mol. The molecule has 2 unspecified atom stereocenters. The Morgan fingerprint density at radius 1 is 1.17 bits per heavy atom. The minimum atomic E-state index is -1.26. The number of halogens is 2. The van der Waals surface area contributed by atoms with Crippen LogP contribution in [0.15, 0.2) is 42.5 Å². The molecule has 0 aromatic heterocycles. The predicted molar refractivity (Wildman–Crippen MR) is 90.7 cm³/mol. The van der Waals surface area contributed by atoms with E-state index >= 15 is 0 Å². The van der Waals surface area contributed by atoms with E-state index in [2.05, 4.69) is 0 Å². The van der Waals surface area contributed by atoms with Gasteiger partial charge in [0, 0.05) is 0 Å². The summed E-state index contributed by atoms with van der Waals surface area (Å²) < 4.78 is 10.9. The van der Waals surface area contributed by atoms with Crippen LogP contribution >= 0.6 is 23.2 Å². The quantitative estimate of drug-likeness (QED) is 0.589. The van der Waals surface area contributed by atoms with Crippen LogP contribution in [0.1, 0.15) is 22.8 Å². The summed E-state index contributed by atoms with van der Waals surface area (Å²) in [6, 6.07) is 11.7. The number of ketones is 1. The molecule has 2 aromatic rings. The first-order valence-corrected chi connectivity index (χ1v) is 7.99. The van der Waals surface area contributed by atoms with Gasteiger partial charge in [0.15, 0.2) is 17.3 Å². The first-order chi connectivity index (χ1) is 11.4. The van der Waals surface area contributed by atoms with Crippen molar-refractivity contribution in [3.8, 4) is 5.75 Å². The molecule has 2 atom stereocenters. The predicted octanol–water partition coefficient (Wildman–Crippen LogP) is 4.27. The molecule has 0 amide bonds. The second-order valence-corrected chi connectivity index (χ2v) is 6.47. The SMILES string of the molecule is COC(=O)C1C(=O)c2ccccc2OC1(C)c1ccc(Cl)c(Cl)c1. The Labute approximate surface area is 149 Å². The first-order valence-electron chi connectivity index (χ1n) is 7.24. The van der Waals surface area contributed by atoms with Gasteiger partial charge in [-0.3, -0.25) is 9.59 Å². The molecular formula is C18H14Cl2O4. The third-order valence-corrected chi connectivity index (χ3v) is 4.96. The minimum absolute atomic E-state index is 0.314. The van der Waals surface area contributed by atoms with Gasteiger partial charge in [-0.25, -0.2) is 0 Å². The van der Waals surface area contributed by atoms with Crippen LogP contribution in [-0.4, -0.2) is 18.9 Å². The standard InChI is InChI=1S/C18H14Cl2O4/c1-18(10-7-8-12(19)13(20)9-10)15(17(22)23-2)16(21)11-5-3-4-6-14(11)24-18/h3-9,15H,1-2H3. The maximum Gasteiger partial charge on any atom is 0.321 e. The van der Waals surface area contributed by atoms with Gasteiger partial charge in [0.05, 0.1) is 22.7 Å². The van der Waals surface area contributed by atoms with E-state index in [1.54, 1.807) is 49.4 Å². The largest absolute Gasteiger partial charge is 0.481 e. The van der Waals surface area contributed by atoms with E-state index in [0.29, 0.717) is 26.9 Å². The van der Waals surface area contributed by atoms with E-state index in [9.17, 15) is 9.59 Å². The van der Waals surface area contributed by atoms with E-state index in [-0.39, 0.29) is 5.78 Å². The van der Waals surface area contributed by atoms with E-state index in [0.717, 1.165) is 0 Å². The molecule has 0 saturated heterocycles. The summed E-state index contributed by atoms with van der Waals surface area (Å²) in [5, 5.41) is 0.690. The smallest absolute Gasteiger partial charge is 0.321 e. The van der Waals surface area contributed by atoms with Crippen molar-refractivity contribution in [1.29, 1.82) is 0 Å². The highest BCUT2D eigenvalue weighted by atomic mass is 35.5. The summed E-state index contributed by atoms with van der Waals surface area (Å²) >= 11 is 12.1. The molecule has 2 aromatic carbocycles. The molecule has 1 aliphatic rings. The molecule has 0 N–H and O–H groups in total. The third-order valence-electron chi connectivity index (χ3n) is 4.22. The van der Waals surface area contributed by atoms with Crippen LogP contribution in [0.4, 0.5) is 0 Å². The molecule has 0 spiro atoms. The Balaban J connectivity index is 2.21. The highest BCUT2D eigenvalue weighted by Crippen LogP contribution is 2.44. The van der Waals surface area contributed by atoms with Gasteiger partial charge in [-0.15, -0.1) is 0 Å². The Morgan fingerprint density at radius 2 is 1.88 bits per heavy atom. The maximum absolute atomic E-state index is 12.9. The van der Waals surface area contributed by atoms with Crippen molar-refractivity contribution in [3.63, 3.8) is 0 Å². The van der Waals surface area contributed by atoms with Gasteiger partial charge in [0.1, 0.15) is 5.75 Å². The third kappa shape index (κ3) is 2.56. The van der Waals surface area contributed by atoms with Crippen molar-refractivity contribution in [2.75, 3.05) is 7.11 Å². The second kappa shape index (κ2) is 6.11. The summed E-state index contributed by atoms with van der Waals surface area (Å²) in [5.74, 6) is -1.74. The number of para-hydroxylation sites is 1. The molecule has 0 aliphatic carbocycles. The van der Waals surface area contributed by atoms with Gasteiger partial charge in [-0.2, -0.15) is 0 Å². The number of Topliss-reactive ketones (excluding diaryl/α,β-unsaturated/α-hetero) is 1. The summed E-state index contributed by atoms with van der Waals surface area (Å²) in [6.45, 7) is 1.67. The highest BCUT2D eigenvalue weighted by molar-refractivity contribution is 6.42. The molecule has 0 radical (unpaired) electrons. The lowest BCUT2D eigenvalue weighted by atomic mass is 9.76. The van der Waals surface area contributed by atoms with Crippen LogP contribution in [-0.2, 0) is 15.1 Å². The second-order valence-electron chi connectivity index (χ2n) is 5.65. The summed E-state index contributed by atoms with van der Waals surface area (Å²) in [5.41, 5.74) is -0.340. The lowest BCUT2D eigenvalue weighted by molar-refractivity contribution is -0.151. The zero-order chi connectivity index (χ0) is 17.5. The van der Waals surface area contributed by atoms with E-state index in [4.69, 9.17) is 32.7 Å². The van der Waals surface area contributed by atoms with Gasteiger partial charge >= 0.3 is 5.97 Å². The number of ether oxygens (including phenoxy) is 2. The Morgan fingerprint density at radius 3 is 2.54 bits per heavy atom. The molecule has 3 rings (SSSR count). The lowest BCUT2D eigenvalue weighted by Gasteiger charge is -2.40. The van der Waals surface area contributed by atoms with Crippen molar-refractivity contribution in [2.45, 2.75) is 12.5 Å². The van der Waals surface area contributed by atoms with Crippen molar-refractivity contribution in [3.05, 3.63) is 63.6 Å². The highest BCUT2D eigenvalue weighted by Gasteiger charge is 2.52. The molecule has 1 heterocycles. The number of fused-ring (bicyclic) bond motifs is 1. The van der Waals surface area contributed by atoms with E-state index in [1.165, 1.54) is 7.11 Å². The van der Waals surface area contributed by atoms with Gasteiger partial charge in [0.25, 0.3) is 0 Å². The van der Waals surface area contributed by atoms with Crippen LogP contribution in [0, 0.1) is 5.92 Å². The van der Waals surface area contributed by atoms with Gasteiger partial charge in [-0.05, 0) is 36.8 Å². The zero-order valence-electron chi connectivity index (χ0n) is 13.0. The minimum Gasteiger partial charge on any atom is -0.481 e. The fourth-order valence-electron chi connectivity index (χ4n) is 2.93. The fraction of sp³-hybridized carbons (Fsp3) is 0.222. The van der Waals surface area contributed by atoms with E-state index in [1.807, 2.05) is 0 Å². The molecule has 0 fully saturated rings. The van der Waals surface area contributed by atoms with Gasteiger partial charge in [-0.1, -0.05) is 41.4 Å². The maximum atomic E-state index is 12.9. The number of carbonyl (C=O) groups excluding carboxylic acids is 2. The normalized spacial score (nSPS) is 22.5. The molecule has 124 valence electrons. The van der Waals surface area contributed by atoms with Crippen LogP contribution in [0.2, 0.25) is 10.0 Å². The van der Waals surface area contributed by atoms with Crippen LogP contribution < -0.4 is 4.74 Å². The number of hydrogen-bond acceptors (Lipinski definition) is 4. The molecule has 4 nitrogen and oxygen atoms in total. The van der Waals surface area contributed by atoms with Crippen LogP contribution in [0.5, 0.6) is 5.75 Å². The number of esters is 1. The topological polar surface area (TPSA) is 52.6 Å². The number of rotatable bonds is 2. The molecule has 6 heteroatoms. The average molecular weight is 365 g/mol. The van der Waals surface area contributed by atoms with Crippen molar-refractivity contribution in [1.82, 2.24) is 0 Å². The average Bonchev–Trinajstić information content (AvgIpc) is 2.57. The fourth-order valence-corrected chi connectivity index (χ4v) is 3.23. The summed E-state index contributed by atoms with van der Waals surface area (Å²) in [4.78, 5) is 25.3. The molecular weight excluding hydrogens is 351 g/mol. The Bertz CT molecular complexity index is 834. The Kier molecular flexibility index (Phi) is 4.28. The molecule has 0 bridgehead atoms. The van der Waals surface area contributed by atoms with Gasteiger partial charge < -0.3 is 9.47 Å². The molecule has 24 heavy (non-hydrogen) atoms. The van der Waals surface area contributed by atoms with Crippen molar-refractivity contribution in [2.24, 2.45) is 5.92 Å². The van der Waals surface area contributed by atoms with Gasteiger partial charge in [0.2, 0.25) is 0 Å². The van der Waals surface area contributed by atoms with Crippen LogP contribution in [0.25, 0.3) is 0 Å². The molecule has 0 saturated carbocycles. The molecule has 1 aliphatic heterocycles.